The molecule has 1 rings (SSSR count). The van der Waals surface area contributed by atoms with Gasteiger partial charge in [-0.25, -0.2) is 13.1 Å². The van der Waals surface area contributed by atoms with Crippen molar-refractivity contribution < 1.29 is 13.2 Å². The Morgan fingerprint density at radius 2 is 1.75 bits per heavy atom. The second kappa shape index (κ2) is 8.60. The van der Waals surface area contributed by atoms with Gasteiger partial charge in [0, 0.05) is 19.5 Å². The van der Waals surface area contributed by atoms with E-state index < -0.39 is 10.0 Å². The van der Waals surface area contributed by atoms with Crippen molar-refractivity contribution in [1.29, 1.82) is 0 Å². The molecular formula is C17H29N3O3S. The van der Waals surface area contributed by atoms with Crippen molar-refractivity contribution in [1.82, 2.24) is 14.9 Å². The van der Waals surface area contributed by atoms with Gasteiger partial charge in [-0.05, 0) is 50.7 Å². The molecule has 2 N–H and O–H groups in total. The zero-order chi connectivity index (χ0) is 18.4. The third-order valence-electron chi connectivity index (χ3n) is 3.65. The van der Waals surface area contributed by atoms with E-state index in [1.165, 1.54) is 7.05 Å². The zero-order valence-corrected chi connectivity index (χ0v) is 16.0. The van der Waals surface area contributed by atoms with Crippen LogP contribution in [0, 0.1) is 5.41 Å². The molecule has 0 saturated heterocycles. The number of nitrogens with one attached hydrogen (secondary N) is 2. The fourth-order valence-electron chi connectivity index (χ4n) is 2.55. The van der Waals surface area contributed by atoms with Crippen molar-refractivity contribution >= 4 is 15.9 Å². The number of sulfonamides is 1. The van der Waals surface area contributed by atoms with Crippen LogP contribution in [0.25, 0.3) is 0 Å². The predicted octanol–water partition coefficient (Wildman–Crippen LogP) is 1.23. The van der Waals surface area contributed by atoms with Gasteiger partial charge in [-0.2, -0.15) is 0 Å². The molecule has 0 saturated carbocycles. The summed E-state index contributed by atoms with van der Waals surface area (Å²) in [6.07, 6.45) is 0.968. The van der Waals surface area contributed by atoms with Gasteiger partial charge in [0.25, 0.3) is 0 Å². The van der Waals surface area contributed by atoms with Crippen molar-refractivity contribution in [3.05, 3.63) is 29.8 Å². The lowest BCUT2D eigenvalue weighted by Crippen LogP contribution is -2.40. The van der Waals surface area contributed by atoms with Gasteiger partial charge in [-0.1, -0.05) is 26.0 Å². The largest absolute Gasteiger partial charge is 0.356 e. The molecule has 0 radical (unpaired) electrons. The highest BCUT2D eigenvalue weighted by atomic mass is 32.2. The highest BCUT2D eigenvalue weighted by Crippen LogP contribution is 2.15. The van der Waals surface area contributed by atoms with Gasteiger partial charge < -0.3 is 10.2 Å². The maximum Gasteiger partial charge on any atom is 0.240 e. The van der Waals surface area contributed by atoms with E-state index >= 15 is 0 Å². The Kier molecular flexibility index (Phi) is 7.38. The zero-order valence-electron chi connectivity index (χ0n) is 15.2. The van der Waals surface area contributed by atoms with Crippen LogP contribution in [-0.4, -0.2) is 53.5 Å². The maximum atomic E-state index is 12.0. The van der Waals surface area contributed by atoms with E-state index in [2.05, 4.69) is 28.8 Å². The van der Waals surface area contributed by atoms with E-state index in [0.29, 0.717) is 19.4 Å². The Labute approximate surface area is 145 Å². The SMILES string of the molecule is CNS(=O)(=O)c1ccc(CCC(=O)NCC(C)(C)CN(C)C)cc1. The van der Waals surface area contributed by atoms with Crippen LogP contribution in [0.4, 0.5) is 0 Å². The van der Waals surface area contributed by atoms with Gasteiger partial charge in [-0.15, -0.1) is 0 Å². The summed E-state index contributed by atoms with van der Waals surface area (Å²) >= 11 is 0. The molecular weight excluding hydrogens is 326 g/mol. The number of hydrogen-bond acceptors (Lipinski definition) is 4. The molecule has 1 aromatic rings. The summed E-state index contributed by atoms with van der Waals surface area (Å²) in [5, 5.41) is 2.97. The van der Waals surface area contributed by atoms with Crippen molar-refractivity contribution in [3.8, 4) is 0 Å². The summed E-state index contributed by atoms with van der Waals surface area (Å²) in [5.74, 6) is 0.00811. The molecule has 0 atom stereocenters. The first-order valence-corrected chi connectivity index (χ1v) is 9.48. The third kappa shape index (κ3) is 6.98. The quantitative estimate of drug-likeness (QED) is 0.698. The minimum absolute atomic E-state index is 0.00811. The Morgan fingerprint density at radius 1 is 1.17 bits per heavy atom. The average molecular weight is 356 g/mol. The Balaban J connectivity index is 2.48. The number of aryl methyl sites for hydroxylation is 1. The van der Waals surface area contributed by atoms with E-state index in [4.69, 9.17) is 0 Å². The third-order valence-corrected chi connectivity index (χ3v) is 5.08. The highest BCUT2D eigenvalue weighted by molar-refractivity contribution is 7.89. The number of carbonyl (C=O) groups is 1. The number of nitrogens with zero attached hydrogens (tertiary/aromatic N) is 1. The van der Waals surface area contributed by atoms with Gasteiger partial charge in [0.05, 0.1) is 4.90 Å². The summed E-state index contributed by atoms with van der Waals surface area (Å²) in [4.78, 5) is 14.3. The van der Waals surface area contributed by atoms with E-state index in [9.17, 15) is 13.2 Å². The summed E-state index contributed by atoms with van der Waals surface area (Å²) < 4.78 is 25.6. The number of rotatable bonds is 9. The van der Waals surface area contributed by atoms with Crippen molar-refractivity contribution in [2.24, 2.45) is 5.41 Å². The minimum atomic E-state index is -3.41. The smallest absolute Gasteiger partial charge is 0.240 e. The normalized spacial score (nSPS) is 12.4. The molecule has 7 heteroatoms. The molecule has 0 bridgehead atoms. The lowest BCUT2D eigenvalue weighted by Gasteiger charge is -2.28. The van der Waals surface area contributed by atoms with Crippen LogP contribution in [0.15, 0.2) is 29.2 Å². The minimum Gasteiger partial charge on any atom is -0.356 e. The Morgan fingerprint density at radius 3 is 2.25 bits per heavy atom. The van der Waals surface area contributed by atoms with Gasteiger partial charge in [0.15, 0.2) is 0 Å². The van der Waals surface area contributed by atoms with E-state index in [1.54, 1.807) is 24.3 Å². The number of carbonyl (C=O) groups excluding carboxylic acids is 1. The molecule has 1 aromatic carbocycles. The van der Waals surface area contributed by atoms with E-state index in [0.717, 1.165) is 12.1 Å². The summed E-state index contributed by atoms with van der Waals surface area (Å²) in [7, 11) is 2.00. The Hall–Kier alpha value is -1.44. The van der Waals surface area contributed by atoms with E-state index in [-0.39, 0.29) is 16.2 Å². The summed E-state index contributed by atoms with van der Waals surface area (Å²) in [5.41, 5.74) is 0.954. The molecule has 0 aromatic heterocycles. The maximum absolute atomic E-state index is 12.0. The monoisotopic (exact) mass is 355 g/mol. The lowest BCUT2D eigenvalue weighted by molar-refractivity contribution is -0.121. The fraction of sp³-hybridized carbons (Fsp3) is 0.588. The molecule has 0 unspecified atom stereocenters. The number of amides is 1. The molecule has 24 heavy (non-hydrogen) atoms. The van der Waals surface area contributed by atoms with Crippen molar-refractivity contribution in [3.63, 3.8) is 0 Å². The molecule has 0 aliphatic carbocycles. The molecule has 0 spiro atoms. The Bertz CT molecular complexity index is 638. The van der Waals surface area contributed by atoms with Crippen molar-refractivity contribution in [2.75, 3.05) is 34.2 Å². The van der Waals surface area contributed by atoms with Gasteiger partial charge >= 0.3 is 0 Å². The van der Waals surface area contributed by atoms with Crippen LogP contribution < -0.4 is 10.0 Å². The highest BCUT2D eigenvalue weighted by Gasteiger charge is 2.19. The molecule has 0 fully saturated rings. The lowest BCUT2D eigenvalue weighted by atomic mass is 9.93. The van der Waals surface area contributed by atoms with Crippen LogP contribution in [0.1, 0.15) is 25.8 Å². The van der Waals surface area contributed by atoms with Gasteiger partial charge in [-0.3, -0.25) is 4.79 Å². The standard InChI is InChI=1S/C17H29N3O3S/c1-17(2,13-20(4)5)12-19-16(21)11-8-14-6-9-15(10-7-14)24(22,23)18-3/h6-7,9-10,18H,8,11-13H2,1-5H3,(H,19,21). The first-order valence-electron chi connectivity index (χ1n) is 8.00. The molecule has 0 aliphatic rings. The topological polar surface area (TPSA) is 78.5 Å². The fourth-order valence-corrected chi connectivity index (χ4v) is 3.28. The first-order chi connectivity index (χ1) is 11.1. The second-order valence-electron chi connectivity index (χ2n) is 7.03. The number of hydrogen-bond donors (Lipinski definition) is 2. The van der Waals surface area contributed by atoms with Crippen LogP contribution in [0.3, 0.4) is 0 Å². The molecule has 136 valence electrons. The molecule has 0 aliphatic heterocycles. The van der Waals surface area contributed by atoms with Gasteiger partial charge in [0.1, 0.15) is 0 Å². The van der Waals surface area contributed by atoms with Crippen LogP contribution >= 0.6 is 0 Å². The molecule has 6 nitrogen and oxygen atoms in total. The predicted molar refractivity (Wildman–Crippen MR) is 96.4 cm³/mol. The van der Waals surface area contributed by atoms with Crippen LogP contribution in [-0.2, 0) is 21.2 Å². The molecule has 1 amide bonds. The average Bonchev–Trinajstić information content (AvgIpc) is 2.50. The summed E-state index contributed by atoms with van der Waals surface area (Å²) in [6, 6.07) is 6.60. The van der Waals surface area contributed by atoms with E-state index in [1.807, 2.05) is 14.1 Å². The first kappa shape index (κ1) is 20.6. The van der Waals surface area contributed by atoms with Crippen molar-refractivity contribution in [2.45, 2.75) is 31.6 Å². The van der Waals surface area contributed by atoms with Gasteiger partial charge in [0.2, 0.25) is 15.9 Å². The van der Waals surface area contributed by atoms with Crippen LogP contribution in [0.5, 0.6) is 0 Å². The second-order valence-corrected chi connectivity index (χ2v) is 8.92. The van der Waals surface area contributed by atoms with Crippen LogP contribution in [0.2, 0.25) is 0 Å². The summed E-state index contributed by atoms with van der Waals surface area (Å²) in [6.45, 7) is 5.76. The number of benzene rings is 1. The molecule has 0 heterocycles.